The Morgan fingerprint density at radius 1 is 0.844 bits per heavy atom. The molecule has 1 saturated heterocycles. The Balaban J connectivity index is 1.79. The van der Waals surface area contributed by atoms with Gasteiger partial charge >= 0.3 is 0 Å². The molecule has 2 fully saturated rings. The predicted molar refractivity (Wildman–Crippen MR) is 124 cm³/mol. The van der Waals surface area contributed by atoms with Crippen molar-refractivity contribution < 1.29 is 19.1 Å². The lowest BCUT2D eigenvalue weighted by Crippen LogP contribution is -2.44. The third kappa shape index (κ3) is 4.24. The predicted octanol–water partition coefficient (Wildman–Crippen LogP) is 4.48. The molecule has 1 aromatic rings. The summed E-state index contributed by atoms with van der Waals surface area (Å²) in [5.41, 5.74) is 1.81. The maximum atomic E-state index is 13.9. The van der Waals surface area contributed by atoms with Crippen LogP contribution in [0.25, 0.3) is 5.57 Å². The van der Waals surface area contributed by atoms with Crippen molar-refractivity contribution in [2.75, 3.05) is 27.3 Å². The van der Waals surface area contributed by atoms with Crippen LogP contribution in [0, 0.1) is 11.8 Å². The minimum absolute atomic E-state index is 0.00946. The van der Waals surface area contributed by atoms with E-state index in [2.05, 4.69) is 18.7 Å². The van der Waals surface area contributed by atoms with Crippen LogP contribution < -0.4 is 9.47 Å². The van der Waals surface area contributed by atoms with E-state index in [1.807, 2.05) is 18.2 Å². The highest BCUT2D eigenvalue weighted by Gasteiger charge is 2.45. The first-order chi connectivity index (χ1) is 15.4. The van der Waals surface area contributed by atoms with Crippen molar-refractivity contribution in [2.45, 2.75) is 64.8 Å². The van der Waals surface area contributed by atoms with Crippen LogP contribution in [0.1, 0.15) is 64.4 Å². The van der Waals surface area contributed by atoms with E-state index in [0.29, 0.717) is 34.6 Å². The fourth-order valence-electron chi connectivity index (χ4n) is 5.77. The number of carbonyl (C=O) groups excluding carboxylic acids is 2. The summed E-state index contributed by atoms with van der Waals surface area (Å²) in [6, 6.07) is 5.50. The van der Waals surface area contributed by atoms with E-state index < -0.39 is 0 Å². The van der Waals surface area contributed by atoms with Crippen molar-refractivity contribution in [2.24, 2.45) is 11.8 Å². The van der Waals surface area contributed by atoms with Crippen molar-refractivity contribution in [1.82, 2.24) is 9.80 Å². The van der Waals surface area contributed by atoms with E-state index in [-0.39, 0.29) is 17.9 Å². The smallest absolute Gasteiger partial charge is 0.278 e. The van der Waals surface area contributed by atoms with E-state index in [1.54, 1.807) is 19.1 Å². The van der Waals surface area contributed by atoms with Crippen molar-refractivity contribution in [1.29, 1.82) is 0 Å². The van der Waals surface area contributed by atoms with Crippen molar-refractivity contribution in [3.8, 4) is 11.5 Å². The van der Waals surface area contributed by atoms with Crippen LogP contribution in [0.3, 0.4) is 0 Å². The maximum absolute atomic E-state index is 13.9. The molecule has 0 spiro atoms. The molecule has 1 saturated carbocycles. The summed E-state index contributed by atoms with van der Waals surface area (Å²) in [6.07, 6.45) is 7.44. The Morgan fingerprint density at radius 3 is 2.06 bits per heavy atom. The minimum Gasteiger partial charge on any atom is -0.493 e. The average Bonchev–Trinajstić information content (AvgIpc) is 2.92. The van der Waals surface area contributed by atoms with Crippen molar-refractivity contribution in [3.05, 3.63) is 29.5 Å². The Hall–Kier alpha value is -2.50. The standard InChI is InChI=1S/C26H36N2O4/c1-17-13-18(2)16-27(15-17)24-23(19-11-12-21(31-3)22(14-19)32-4)25(29)28(26(24)30)20-9-7-5-6-8-10-20/h11-12,14,17-18,20H,5-10,13,15-16H2,1-4H3. The van der Waals surface area contributed by atoms with E-state index in [4.69, 9.17) is 9.47 Å². The van der Waals surface area contributed by atoms with Gasteiger partial charge in [0.1, 0.15) is 5.70 Å². The summed E-state index contributed by atoms with van der Waals surface area (Å²) in [5, 5.41) is 0. The second-order valence-corrected chi connectivity index (χ2v) is 9.77. The van der Waals surface area contributed by atoms with Crippen LogP contribution in [0.2, 0.25) is 0 Å². The molecule has 0 bridgehead atoms. The zero-order valence-corrected chi connectivity index (χ0v) is 19.9. The van der Waals surface area contributed by atoms with Crippen LogP contribution >= 0.6 is 0 Å². The van der Waals surface area contributed by atoms with Crippen molar-refractivity contribution >= 4 is 17.4 Å². The lowest BCUT2D eigenvalue weighted by atomic mass is 9.91. The summed E-state index contributed by atoms with van der Waals surface area (Å²) in [7, 11) is 3.18. The number of nitrogens with zero attached hydrogens (tertiary/aromatic N) is 2. The maximum Gasteiger partial charge on any atom is 0.278 e. The van der Waals surface area contributed by atoms with Gasteiger partial charge in [-0.15, -0.1) is 0 Å². The number of methoxy groups -OCH3 is 2. The summed E-state index contributed by atoms with van der Waals surface area (Å²) in [6.45, 7) is 6.05. The molecule has 0 N–H and O–H groups in total. The molecule has 0 aromatic heterocycles. The minimum atomic E-state index is -0.157. The van der Waals surface area contributed by atoms with Gasteiger partial charge in [0.15, 0.2) is 11.5 Å². The second kappa shape index (κ2) is 9.55. The van der Waals surface area contributed by atoms with Gasteiger partial charge in [-0.2, -0.15) is 0 Å². The summed E-state index contributed by atoms with van der Waals surface area (Å²) >= 11 is 0. The summed E-state index contributed by atoms with van der Waals surface area (Å²) < 4.78 is 10.9. The van der Waals surface area contributed by atoms with Gasteiger partial charge in [-0.25, -0.2) is 0 Å². The molecule has 2 atom stereocenters. The van der Waals surface area contributed by atoms with E-state index in [9.17, 15) is 9.59 Å². The van der Waals surface area contributed by atoms with Crippen LogP contribution in [0.5, 0.6) is 11.5 Å². The molecule has 6 nitrogen and oxygen atoms in total. The SMILES string of the molecule is COc1ccc(C2=C(N3CC(C)CC(C)C3)C(=O)N(C3CCCCCC3)C2=O)cc1OC. The number of rotatable bonds is 5. The monoisotopic (exact) mass is 440 g/mol. The highest BCUT2D eigenvalue weighted by molar-refractivity contribution is 6.35. The normalized spacial score (nSPS) is 25.4. The molecular weight excluding hydrogens is 404 g/mol. The molecule has 32 heavy (non-hydrogen) atoms. The quantitative estimate of drug-likeness (QED) is 0.499. The fourth-order valence-corrected chi connectivity index (χ4v) is 5.77. The first-order valence-corrected chi connectivity index (χ1v) is 12.0. The van der Waals surface area contributed by atoms with Gasteiger partial charge in [-0.3, -0.25) is 14.5 Å². The van der Waals surface area contributed by atoms with Crippen LogP contribution in [0.4, 0.5) is 0 Å². The molecule has 3 aliphatic rings. The van der Waals surface area contributed by atoms with E-state index >= 15 is 0 Å². The molecular formula is C26H36N2O4. The molecule has 1 aliphatic carbocycles. The number of ether oxygens (including phenoxy) is 2. The first kappa shape index (κ1) is 22.7. The Kier molecular flexibility index (Phi) is 6.77. The van der Waals surface area contributed by atoms with Gasteiger partial charge in [0.2, 0.25) is 0 Å². The number of piperidine rings is 1. The Morgan fingerprint density at radius 2 is 1.47 bits per heavy atom. The number of carbonyl (C=O) groups is 2. The fraction of sp³-hybridized carbons (Fsp3) is 0.615. The Labute approximate surface area is 191 Å². The van der Waals surface area contributed by atoms with E-state index in [0.717, 1.165) is 50.8 Å². The number of hydrogen-bond acceptors (Lipinski definition) is 5. The number of amides is 2. The molecule has 0 radical (unpaired) electrons. The molecule has 4 rings (SSSR count). The van der Waals surface area contributed by atoms with Gasteiger partial charge in [-0.05, 0) is 48.8 Å². The molecule has 1 aromatic carbocycles. The highest BCUT2D eigenvalue weighted by atomic mass is 16.5. The second-order valence-electron chi connectivity index (χ2n) is 9.77. The largest absolute Gasteiger partial charge is 0.493 e. The van der Waals surface area contributed by atoms with Gasteiger partial charge < -0.3 is 14.4 Å². The topological polar surface area (TPSA) is 59.1 Å². The average molecular weight is 441 g/mol. The molecule has 6 heteroatoms. The third-order valence-electron chi connectivity index (χ3n) is 7.14. The van der Waals surface area contributed by atoms with Gasteiger partial charge in [0, 0.05) is 19.1 Å². The molecule has 174 valence electrons. The van der Waals surface area contributed by atoms with Crippen LogP contribution in [-0.4, -0.2) is 55.0 Å². The van der Waals surface area contributed by atoms with Gasteiger partial charge in [0.25, 0.3) is 11.8 Å². The molecule has 2 heterocycles. The highest BCUT2D eigenvalue weighted by Crippen LogP contribution is 2.40. The van der Waals surface area contributed by atoms with Crippen LogP contribution in [-0.2, 0) is 9.59 Å². The van der Waals surface area contributed by atoms with Crippen molar-refractivity contribution in [3.63, 3.8) is 0 Å². The lowest BCUT2D eigenvalue weighted by Gasteiger charge is -2.37. The number of hydrogen-bond donors (Lipinski definition) is 0. The van der Waals surface area contributed by atoms with Gasteiger partial charge in [0.05, 0.1) is 19.8 Å². The first-order valence-electron chi connectivity index (χ1n) is 12.0. The molecule has 2 amide bonds. The number of likely N-dealkylation sites (tertiary alicyclic amines) is 1. The summed E-state index contributed by atoms with van der Waals surface area (Å²) in [5.74, 6) is 1.85. The number of benzene rings is 1. The van der Waals surface area contributed by atoms with Gasteiger partial charge in [-0.1, -0.05) is 45.6 Å². The zero-order chi connectivity index (χ0) is 22.8. The molecule has 2 unspecified atom stereocenters. The third-order valence-corrected chi connectivity index (χ3v) is 7.14. The Bertz CT molecular complexity index is 891. The van der Waals surface area contributed by atoms with Crippen LogP contribution in [0.15, 0.2) is 23.9 Å². The lowest BCUT2D eigenvalue weighted by molar-refractivity contribution is -0.140. The zero-order valence-electron chi connectivity index (χ0n) is 19.9. The number of imide groups is 1. The molecule has 2 aliphatic heterocycles. The van der Waals surface area contributed by atoms with E-state index in [1.165, 1.54) is 12.8 Å². The summed E-state index contributed by atoms with van der Waals surface area (Å²) in [4.78, 5) is 31.4.